The van der Waals surface area contributed by atoms with Gasteiger partial charge in [0, 0.05) is 17.5 Å². The van der Waals surface area contributed by atoms with Crippen molar-refractivity contribution >= 4 is 17.6 Å². The molecule has 0 amide bonds. The summed E-state index contributed by atoms with van der Waals surface area (Å²) >= 11 is 5.41. The molecule has 0 bridgehead atoms. The Kier molecular flexibility index (Phi) is 4.00. The van der Waals surface area contributed by atoms with Gasteiger partial charge in [0.1, 0.15) is 0 Å². The molecule has 4 nitrogen and oxygen atoms in total. The number of H-pyrrole nitrogens is 1. The van der Waals surface area contributed by atoms with E-state index in [1.54, 1.807) is 0 Å². The molecule has 0 spiro atoms. The Bertz CT molecular complexity index is 459. The fourth-order valence-corrected chi connectivity index (χ4v) is 1.50. The van der Waals surface area contributed by atoms with Gasteiger partial charge in [-0.2, -0.15) is 0 Å². The molecule has 1 rings (SSSR count). The average Bonchev–Trinajstić information content (AvgIpc) is 2.14. The van der Waals surface area contributed by atoms with Crippen molar-refractivity contribution in [1.82, 2.24) is 4.98 Å². The lowest BCUT2D eigenvalue weighted by Gasteiger charge is -2.07. The molecule has 1 heterocycles. The average molecular weight is 252 g/mol. The van der Waals surface area contributed by atoms with Crippen LogP contribution >= 0.6 is 11.6 Å². The number of nitrogens with one attached hydrogen (secondary N) is 1. The van der Waals surface area contributed by atoms with Crippen molar-refractivity contribution in [3.63, 3.8) is 0 Å². The summed E-state index contributed by atoms with van der Waals surface area (Å²) < 4.78 is 24.9. The highest BCUT2D eigenvalue weighted by Gasteiger charge is 2.18. The SMILES string of the molecule is O=C(O)Cc1cc(=O)c(C(F)F)c(CCl)[nH]1. The molecule has 0 aliphatic rings. The van der Waals surface area contributed by atoms with Gasteiger partial charge in [-0.3, -0.25) is 9.59 Å². The summed E-state index contributed by atoms with van der Waals surface area (Å²) in [6.07, 6.45) is -3.38. The predicted molar refractivity (Wildman–Crippen MR) is 52.9 cm³/mol. The van der Waals surface area contributed by atoms with Crippen LogP contribution in [-0.2, 0) is 17.1 Å². The summed E-state index contributed by atoms with van der Waals surface area (Å²) in [5.41, 5.74) is -1.69. The van der Waals surface area contributed by atoms with Gasteiger partial charge in [-0.15, -0.1) is 11.6 Å². The molecular weight excluding hydrogens is 244 g/mol. The molecular formula is C9H8ClF2NO3. The lowest BCUT2D eigenvalue weighted by molar-refractivity contribution is -0.136. The maximum Gasteiger partial charge on any atom is 0.309 e. The Labute approximate surface area is 93.9 Å². The van der Waals surface area contributed by atoms with E-state index >= 15 is 0 Å². The fourth-order valence-electron chi connectivity index (χ4n) is 1.28. The Balaban J connectivity index is 3.26. The minimum absolute atomic E-state index is 0.0533. The number of rotatable bonds is 4. The van der Waals surface area contributed by atoms with Gasteiger partial charge in [-0.05, 0) is 0 Å². The van der Waals surface area contributed by atoms with Crippen LogP contribution in [0.4, 0.5) is 8.78 Å². The minimum Gasteiger partial charge on any atom is -0.481 e. The van der Waals surface area contributed by atoms with Gasteiger partial charge >= 0.3 is 5.97 Å². The number of carbonyl (C=O) groups is 1. The van der Waals surface area contributed by atoms with E-state index < -0.39 is 29.8 Å². The Hall–Kier alpha value is -1.43. The van der Waals surface area contributed by atoms with E-state index in [2.05, 4.69) is 4.98 Å². The Morgan fingerprint density at radius 3 is 2.62 bits per heavy atom. The van der Waals surface area contributed by atoms with Crippen LogP contribution in [0.5, 0.6) is 0 Å². The van der Waals surface area contributed by atoms with Crippen LogP contribution in [0, 0.1) is 0 Å². The van der Waals surface area contributed by atoms with E-state index in [0.29, 0.717) is 0 Å². The smallest absolute Gasteiger partial charge is 0.309 e. The summed E-state index contributed by atoms with van der Waals surface area (Å²) in [7, 11) is 0. The van der Waals surface area contributed by atoms with Crippen molar-refractivity contribution < 1.29 is 18.7 Å². The Morgan fingerprint density at radius 2 is 2.19 bits per heavy atom. The molecule has 0 atom stereocenters. The second-order valence-electron chi connectivity index (χ2n) is 3.06. The molecule has 1 aromatic heterocycles. The molecule has 0 aromatic carbocycles. The van der Waals surface area contributed by atoms with Crippen LogP contribution < -0.4 is 5.43 Å². The number of halogens is 3. The number of pyridine rings is 1. The number of alkyl halides is 3. The van der Waals surface area contributed by atoms with Crippen LogP contribution in [0.3, 0.4) is 0 Å². The van der Waals surface area contributed by atoms with Gasteiger partial charge in [0.15, 0.2) is 5.43 Å². The first-order valence-electron chi connectivity index (χ1n) is 4.26. The molecule has 7 heteroatoms. The molecule has 0 unspecified atom stereocenters. The van der Waals surface area contributed by atoms with E-state index in [4.69, 9.17) is 16.7 Å². The van der Waals surface area contributed by atoms with Crippen molar-refractivity contribution in [2.45, 2.75) is 18.7 Å². The summed E-state index contributed by atoms with van der Waals surface area (Å²) in [5, 5.41) is 8.50. The highest BCUT2D eigenvalue weighted by Crippen LogP contribution is 2.19. The Morgan fingerprint density at radius 1 is 1.56 bits per heavy atom. The van der Waals surface area contributed by atoms with Gasteiger partial charge in [-0.25, -0.2) is 8.78 Å². The molecule has 0 radical (unpaired) electrons. The summed E-state index contributed by atoms with van der Waals surface area (Å²) in [6.45, 7) is 0. The molecule has 0 saturated heterocycles. The van der Waals surface area contributed by atoms with Gasteiger partial charge in [0.25, 0.3) is 6.43 Å². The molecule has 1 aromatic rings. The zero-order valence-electron chi connectivity index (χ0n) is 7.97. The van der Waals surface area contributed by atoms with Crippen LogP contribution in [0.2, 0.25) is 0 Å². The van der Waals surface area contributed by atoms with Gasteiger partial charge < -0.3 is 10.1 Å². The van der Waals surface area contributed by atoms with Crippen LogP contribution in [-0.4, -0.2) is 16.1 Å². The lowest BCUT2D eigenvalue weighted by atomic mass is 10.1. The van der Waals surface area contributed by atoms with Crippen LogP contribution in [0.25, 0.3) is 0 Å². The second-order valence-corrected chi connectivity index (χ2v) is 3.32. The second kappa shape index (κ2) is 5.07. The number of carboxylic acids is 1. The zero-order valence-corrected chi connectivity index (χ0v) is 8.72. The number of hydrogen-bond donors (Lipinski definition) is 2. The molecule has 2 N–H and O–H groups in total. The van der Waals surface area contributed by atoms with E-state index in [9.17, 15) is 18.4 Å². The summed E-state index contributed by atoms with van der Waals surface area (Å²) in [5.74, 6) is -1.47. The number of hydrogen-bond acceptors (Lipinski definition) is 2. The van der Waals surface area contributed by atoms with Crippen LogP contribution in [0.15, 0.2) is 10.9 Å². The van der Waals surface area contributed by atoms with Gasteiger partial charge in [-0.1, -0.05) is 0 Å². The normalized spacial score (nSPS) is 10.8. The first kappa shape index (κ1) is 12.6. The molecule has 0 fully saturated rings. The highest BCUT2D eigenvalue weighted by molar-refractivity contribution is 6.17. The predicted octanol–water partition coefficient (Wildman–Crippen LogP) is 1.68. The standard InChI is InChI=1S/C9H8ClF2NO3/c10-3-5-8(9(11)12)6(14)1-4(13-5)2-7(15)16/h1,9H,2-3H2,(H,13,14)(H,15,16). The van der Waals surface area contributed by atoms with Crippen molar-refractivity contribution in [1.29, 1.82) is 0 Å². The molecule has 0 aliphatic carbocycles. The third-order valence-electron chi connectivity index (χ3n) is 1.90. The van der Waals surface area contributed by atoms with E-state index in [1.807, 2.05) is 0 Å². The van der Waals surface area contributed by atoms with Gasteiger partial charge in [0.2, 0.25) is 0 Å². The number of carboxylic acid groups (broad SMARTS) is 1. The van der Waals surface area contributed by atoms with Crippen molar-refractivity contribution in [3.8, 4) is 0 Å². The number of aromatic amines is 1. The lowest BCUT2D eigenvalue weighted by Crippen LogP contribution is -2.17. The summed E-state index contributed by atoms with van der Waals surface area (Å²) in [6, 6.07) is 0.853. The molecule has 88 valence electrons. The fraction of sp³-hybridized carbons (Fsp3) is 0.333. The van der Waals surface area contributed by atoms with Crippen molar-refractivity contribution in [3.05, 3.63) is 33.2 Å². The third kappa shape index (κ3) is 2.79. The topological polar surface area (TPSA) is 70.2 Å². The zero-order chi connectivity index (χ0) is 12.3. The minimum atomic E-state index is -2.93. The maximum atomic E-state index is 12.5. The molecule has 0 aliphatic heterocycles. The first-order valence-corrected chi connectivity index (χ1v) is 4.80. The third-order valence-corrected chi connectivity index (χ3v) is 2.17. The monoisotopic (exact) mass is 251 g/mol. The largest absolute Gasteiger partial charge is 0.481 e. The van der Waals surface area contributed by atoms with E-state index in [0.717, 1.165) is 6.07 Å². The molecule has 0 saturated carbocycles. The summed E-state index contributed by atoms with van der Waals surface area (Å²) in [4.78, 5) is 24.1. The van der Waals surface area contributed by atoms with Gasteiger partial charge in [0.05, 0.1) is 17.9 Å². The van der Waals surface area contributed by atoms with Crippen LogP contribution in [0.1, 0.15) is 23.4 Å². The van der Waals surface area contributed by atoms with E-state index in [-0.39, 0.29) is 17.3 Å². The first-order chi connectivity index (χ1) is 7.45. The highest BCUT2D eigenvalue weighted by atomic mass is 35.5. The molecule has 16 heavy (non-hydrogen) atoms. The maximum absolute atomic E-state index is 12.5. The number of aliphatic carboxylic acids is 1. The quantitative estimate of drug-likeness (QED) is 0.800. The number of aromatic nitrogens is 1. The van der Waals surface area contributed by atoms with E-state index in [1.165, 1.54) is 0 Å². The van der Waals surface area contributed by atoms with Crippen molar-refractivity contribution in [2.75, 3.05) is 0 Å². The van der Waals surface area contributed by atoms with Crippen molar-refractivity contribution in [2.24, 2.45) is 0 Å².